The van der Waals surface area contributed by atoms with Gasteiger partial charge in [0.25, 0.3) is 0 Å². The zero-order chi connectivity index (χ0) is 16.8. The number of hydrogen-bond acceptors (Lipinski definition) is 3. The number of aryl methyl sites for hydroxylation is 1. The van der Waals surface area contributed by atoms with Crippen LogP contribution in [0.5, 0.6) is 0 Å². The van der Waals surface area contributed by atoms with E-state index in [-0.39, 0.29) is 5.91 Å². The lowest BCUT2D eigenvalue weighted by Gasteiger charge is -2.23. The Morgan fingerprint density at radius 2 is 1.83 bits per heavy atom. The van der Waals surface area contributed by atoms with Gasteiger partial charge < -0.3 is 10.6 Å². The molecule has 4 nitrogen and oxygen atoms in total. The van der Waals surface area contributed by atoms with E-state index in [1.807, 2.05) is 43.3 Å². The van der Waals surface area contributed by atoms with Gasteiger partial charge in [-0.05, 0) is 37.5 Å². The highest BCUT2D eigenvalue weighted by atomic mass is 16.1. The van der Waals surface area contributed by atoms with Crippen molar-refractivity contribution in [2.45, 2.75) is 51.5 Å². The van der Waals surface area contributed by atoms with Gasteiger partial charge in [0.1, 0.15) is 5.82 Å². The van der Waals surface area contributed by atoms with E-state index >= 15 is 0 Å². The normalized spacial score (nSPS) is 15.0. The summed E-state index contributed by atoms with van der Waals surface area (Å²) in [4.78, 5) is 16.4. The summed E-state index contributed by atoms with van der Waals surface area (Å²) in [5, 5.41) is 6.39. The summed E-state index contributed by atoms with van der Waals surface area (Å²) in [7, 11) is 0. The van der Waals surface area contributed by atoms with Crippen LogP contribution in [-0.2, 0) is 11.2 Å². The van der Waals surface area contributed by atoms with Crippen molar-refractivity contribution in [3.05, 3.63) is 53.7 Å². The van der Waals surface area contributed by atoms with E-state index in [1.165, 1.54) is 37.7 Å². The maximum absolute atomic E-state index is 12.1. The molecule has 1 amide bonds. The fourth-order valence-corrected chi connectivity index (χ4v) is 3.11. The second-order valence-electron chi connectivity index (χ2n) is 6.62. The number of carbonyl (C=O) groups excluding carboxylic acids is 1. The molecule has 0 radical (unpaired) electrons. The number of rotatable bonds is 5. The van der Waals surface area contributed by atoms with Crippen molar-refractivity contribution in [2.24, 2.45) is 0 Å². The molecule has 4 heteroatoms. The monoisotopic (exact) mass is 323 g/mol. The summed E-state index contributed by atoms with van der Waals surface area (Å²) in [6, 6.07) is 12.4. The van der Waals surface area contributed by atoms with Gasteiger partial charge in [-0.2, -0.15) is 0 Å². The van der Waals surface area contributed by atoms with E-state index in [1.54, 1.807) is 6.20 Å². The van der Waals surface area contributed by atoms with Gasteiger partial charge in [0.15, 0.2) is 0 Å². The summed E-state index contributed by atoms with van der Waals surface area (Å²) >= 11 is 0. The van der Waals surface area contributed by atoms with Crippen LogP contribution in [0.15, 0.2) is 42.6 Å². The number of carbonyl (C=O) groups is 1. The third kappa shape index (κ3) is 4.82. The van der Waals surface area contributed by atoms with Gasteiger partial charge in [0, 0.05) is 6.04 Å². The van der Waals surface area contributed by atoms with Crippen LogP contribution < -0.4 is 10.6 Å². The maximum Gasteiger partial charge on any atom is 0.229 e. The van der Waals surface area contributed by atoms with Crippen molar-refractivity contribution in [1.82, 2.24) is 4.98 Å². The molecule has 0 aliphatic heterocycles. The molecule has 126 valence electrons. The summed E-state index contributed by atoms with van der Waals surface area (Å²) in [5.74, 6) is 0.556. The van der Waals surface area contributed by atoms with Crippen molar-refractivity contribution in [1.29, 1.82) is 0 Å². The van der Waals surface area contributed by atoms with Crippen LogP contribution in [-0.4, -0.2) is 16.9 Å². The topological polar surface area (TPSA) is 54.0 Å². The molecule has 2 N–H and O–H groups in total. The number of pyridine rings is 1. The van der Waals surface area contributed by atoms with Crippen LogP contribution in [0.1, 0.15) is 43.2 Å². The number of nitrogens with zero attached hydrogens (tertiary/aromatic N) is 1. The highest BCUT2D eigenvalue weighted by Gasteiger charge is 2.13. The van der Waals surface area contributed by atoms with Crippen LogP contribution in [0.3, 0.4) is 0 Å². The fourth-order valence-electron chi connectivity index (χ4n) is 3.11. The molecule has 1 aliphatic carbocycles. The Labute approximate surface area is 143 Å². The molecule has 0 bridgehead atoms. The van der Waals surface area contributed by atoms with E-state index in [9.17, 15) is 4.79 Å². The number of nitrogens with one attached hydrogen (secondary N) is 2. The molecular weight excluding hydrogens is 298 g/mol. The van der Waals surface area contributed by atoms with Crippen LogP contribution in [0.4, 0.5) is 11.5 Å². The molecule has 1 fully saturated rings. The number of amides is 1. The third-order valence-corrected chi connectivity index (χ3v) is 4.49. The summed E-state index contributed by atoms with van der Waals surface area (Å²) < 4.78 is 0. The fraction of sp³-hybridized carbons (Fsp3) is 0.400. The first-order valence-electron chi connectivity index (χ1n) is 8.77. The van der Waals surface area contributed by atoms with Gasteiger partial charge in [-0.15, -0.1) is 0 Å². The van der Waals surface area contributed by atoms with Gasteiger partial charge in [0.2, 0.25) is 5.91 Å². The maximum atomic E-state index is 12.1. The molecule has 1 aliphatic rings. The molecule has 2 aromatic rings. The first kappa shape index (κ1) is 16.5. The zero-order valence-corrected chi connectivity index (χ0v) is 14.2. The molecule has 0 saturated heterocycles. The molecule has 3 rings (SSSR count). The van der Waals surface area contributed by atoms with E-state index < -0.39 is 0 Å². The van der Waals surface area contributed by atoms with Crippen LogP contribution >= 0.6 is 0 Å². The lowest BCUT2D eigenvalue weighted by atomic mass is 9.95. The summed E-state index contributed by atoms with van der Waals surface area (Å²) in [6.07, 6.45) is 8.59. The predicted molar refractivity (Wildman–Crippen MR) is 98.2 cm³/mol. The minimum Gasteiger partial charge on any atom is -0.381 e. The molecule has 1 aromatic carbocycles. The Kier molecular flexibility index (Phi) is 5.47. The molecule has 24 heavy (non-hydrogen) atoms. The van der Waals surface area contributed by atoms with Crippen molar-refractivity contribution in [3.63, 3.8) is 0 Å². The standard InChI is InChI=1S/C20H25N3O/c1-15-7-9-16(10-8-15)13-20(24)23-19-12-11-18(14-21-19)22-17-5-3-2-4-6-17/h7-12,14,17,22H,2-6,13H2,1H3,(H,21,23,24). The molecule has 1 saturated carbocycles. The molecule has 0 unspecified atom stereocenters. The van der Waals surface area contributed by atoms with Crippen molar-refractivity contribution in [2.75, 3.05) is 10.6 Å². The Balaban J connectivity index is 1.51. The van der Waals surface area contributed by atoms with Crippen LogP contribution in [0.2, 0.25) is 0 Å². The Morgan fingerprint density at radius 3 is 2.50 bits per heavy atom. The van der Waals surface area contributed by atoms with E-state index in [2.05, 4.69) is 15.6 Å². The number of aromatic nitrogens is 1. The average molecular weight is 323 g/mol. The van der Waals surface area contributed by atoms with Gasteiger partial charge >= 0.3 is 0 Å². The molecule has 1 aromatic heterocycles. The highest BCUT2D eigenvalue weighted by Crippen LogP contribution is 2.21. The van der Waals surface area contributed by atoms with Gasteiger partial charge in [0.05, 0.1) is 18.3 Å². The van der Waals surface area contributed by atoms with Gasteiger partial charge in [-0.1, -0.05) is 49.1 Å². The third-order valence-electron chi connectivity index (χ3n) is 4.49. The Bertz CT molecular complexity index is 658. The zero-order valence-electron chi connectivity index (χ0n) is 14.2. The minimum atomic E-state index is -0.0423. The van der Waals surface area contributed by atoms with Crippen molar-refractivity contribution in [3.8, 4) is 0 Å². The average Bonchev–Trinajstić information content (AvgIpc) is 2.60. The smallest absolute Gasteiger partial charge is 0.229 e. The SMILES string of the molecule is Cc1ccc(CC(=O)Nc2ccc(NC3CCCCC3)cn2)cc1. The number of anilines is 2. The summed E-state index contributed by atoms with van der Waals surface area (Å²) in [5.41, 5.74) is 3.23. The molecule has 1 heterocycles. The quantitative estimate of drug-likeness (QED) is 0.862. The summed E-state index contributed by atoms with van der Waals surface area (Å²) in [6.45, 7) is 2.04. The van der Waals surface area contributed by atoms with E-state index in [0.29, 0.717) is 18.3 Å². The Hall–Kier alpha value is -2.36. The van der Waals surface area contributed by atoms with Gasteiger partial charge in [-0.25, -0.2) is 4.98 Å². The van der Waals surface area contributed by atoms with Gasteiger partial charge in [-0.3, -0.25) is 4.79 Å². The number of hydrogen-bond donors (Lipinski definition) is 2. The van der Waals surface area contributed by atoms with Crippen molar-refractivity contribution >= 4 is 17.4 Å². The first-order valence-corrected chi connectivity index (χ1v) is 8.77. The first-order chi connectivity index (χ1) is 11.7. The lowest BCUT2D eigenvalue weighted by Crippen LogP contribution is -2.22. The Morgan fingerprint density at radius 1 is 1.08 bits per heavy atom. The van der Waals surface area contributed by atoms with Crippen molar-refractivity contribution < 1.29 is 4.79 Å². The highest BCUT2D eigenvalue weighted by molar-refractivity contribution is 5.91. The predicted octanol–water partition coefficient (Wildman–Crippen LogP) is 4.32. The molecular formula is C20H25N3O. The van der Waals surface area contributed by atoms with E-state index in [4.69, 9.17) is 0 Å². The van der Waals surface area contributed by atoms with Crippen LogP contribution in [0.25, 0.3) is 0 Å². The van der Waals surface area contributed by atoms with Crippen LogP contribution in [0, 0.1) is 6.92 Å². The molecule has 0 spiro atoms. The second-order valence-corrected chi connectivity index (χ2v) is 6.62. The molecule has 0 atom stereocenters. The second kappa shape index (κ2) is 7.95. The van der Waals surface area contributed by atoms with E-state index in [0.717, 1.165) is 11.3 Å². The minimum absolute atomic E-state index is 0.0423. The lowest BCUT2D eigenvalue weighted by molar-refractivity contribution is -0.115. The largest absolute Gasteiger partial charge is 0.381 e. The number of benzene rings is 1.